The first-order chi connectivity index (χ1) is 10.0. The molecule has 21 heavy (non-hydrogen) atoms. The minimum absolute atomic E-state index is 0.297. The van der Waals surface area contributed by atoms with E-state index in [4.69, 9.17) is 9.47 Å². The molecule has 0 aliphatic carbocycles. The molecule has 2 heterocycles. The van der Waals surface area contributed by atoms with Crippen molar-refractivity contribution in [1.29, 1.82) is 5.26 Å². The molecule has 6 nitrogen and oxygen atoms in total. The molecule has 2 aliphatic heterocycles. The molecule has 2 rings (SSSR count). The second-order valence-corrected chi connectivity index (χ2v) is 6.03. The summed E-state index contributed by atoms with van der Waals surface area (Å²) >= 11 is 0. The van der Waals surface area contributed by atoms with E-state index in [0.29, 0.717) is 65.1 Å². The van der Waals surface area contributed by atoms with E-state index in [1.807, 2.05) is 0 Å². The van der Waals surface area contributed by atoms with Crippen LogP contribution in [0, 0.1) is 16.7 Å². The molecule has 2 aliphatic rings. The summed E-state index contributed by atoms with van der Waals surface area (Å²) in [7, 11) is 0. The van der Waals surface area contributed by atoms with Gasteiger partial charge >= 0.3 is 5.97 Å². The number of β-amino-alcohol motifs (C(OH)–C–C–N with tert-alkyl or cyclic N) is 1. The summed E-state index contributed by atoms with van der Waals surface area (Å²) in [6.45, 7) is 5.08. The first kappa shape index (κ1) is 16.2. The zero-order valence-corrected chi connectivity index (χ0v) is 12.6. The average Bonchev–Trinajstić information content (AvgIpc) is 2.49. The van der Waals surface area contributed by atoms with Crippen LogP contribution >= 0.6 is 0 Å². The van der Waals surface area contributed by atoms with Crippen LogP contribution in [0.5, 0.6) is 0 Å². The molecule has 0 saturated carbocycles. The van der Waals surface area contributed by atoms with E-state index >= 15 is 0 Å². The highest BCUT2D eigenvalue weighted by atomic mass is 16.5. The zero-order valence-electron chi connectivity index (χ0n) is 12.6. The van der Waals surface area contributed by atoms with Gasteiger partial charge in [0.1, 0.15) is 0 Å². The van der Waals surface area contributed by atoms with Gasteiger partial charge in [0.15, 0.2) is 5.41 Å². The van der Waals surface area contributed by atoms with Gasteiger partial charge in [0.05, 0.1) is 18.3 Å². The van der Waals surface area contributed by atoms with Gasteiger partial charge in [0.2, 0.25) is 0 Å². The number of nitriles is 1. The predicted molar refractivity (Wildman–Crippen MR) is 75.4 cm³/mol. The molecular formula is C15H24N2O4. The Labute approximate surface area is 125 Å². The fourth-order valence-electron chi connectivity index (χ4n) is 3.05. The Morgan fingerprint density at radius 2 is 1.95 bits per heavy atom. The molecule has 0 amide bonds. The Bertz CT molecular complexity index is 404. The molecule has 0 spiro atoms. The summed E-state index contributed by atoms with van der Waals surface area (Å²) in [5, 5.41) is 19.9. The van der Waals surface area contributed by atoms with Crippen molar-refractivity contribution < 1.29 is 19.4 Å². The fraction of sp³-hybridized carbons (Fsp3) is 0.867. The number of likely N-dealkylation sites (tertiary alicyclic amines) is 1. The van der Waals surface area contributed by atoms with Crippen LogP contribution in [0.4, 0.5) is 0 Å². The third kappa shape index (κ3) is 3.73. The largest absolute Gasteiger partial charge is 0.465 e. The Morgan fingerprint density at radius 1 is 1.33 bits per heavy atom. The van der Waals surface area contributed by atoms with Crippen molar-refractivity contribution in [1.82, 2.24) is 4.90 Å². The van der Waals surface area contributed by atoms with Crippen molar-refractivity contribution in [2.24, 2.45) is 5.41 Å². The molecule has 1 N–H and O–H groups in total. The summed E-state index contributed by atoms with van der Waals surface area (Å²) in [4.78, 5) is 14.1. The maximum absolute atomic E-state index is 12.0. The number of hydrogen-bond donors (Lipinski definition) is 1. The highest BCUT2D eigenvalue weighted by Gasteiger charge is 2.44. The molecule has 2 saturated heterocycles. The quantitative estimate of drug-likeness (QED) is 0.769. The molecule has 0 aromatic heterocycles. The molecule has 0 bridgehead atoms. The van der Waals surface area contributed by atoms with Crippen LogP contribution in [0.25, 0.3) is 0 Å². The SMILES string of the molecule is CCOC(=O)C1(C#N)CCN(CC2(O)CCOCC2)CC1. The number of esters is 1. The fourth-order valence-corrected chi connectivity index (χ4v) is 3.05. The second kappa shape index (κ2) is 6.73. The predicted octanol–water partition coefficient (Wildman–Crippen LogP) is 0.697. The molecule has 6 heteroatoms. The Kier molecular flexibility index (Phi) is 5.20. The summed E-state index contributed by atoms with van der Waals surface area (Å²) < 4.78 is 10.3. The smallest absolute Gasteiger partial charge is 0.326 e. The van der Waals surface area contributed by atoms with E-state index in [0.717, 1.165) is 0 Å². The summed E-state index contributed by atoms with van der Waals surface area (Å²) in [6.07, 6.45) is 2.22. The molecule has 0 unspecified atom stereocenters. The standard InChI is InChI=1S/C15H24N2O4/c1-2-21-13(18)14(11-16)3-7-17(8-4-14)12-15(19)5-9-20-10-6-15/h19H,2-10,12H2,1H3. The number of hydrogen-bond acceptors (Lipinski definition) is 6. The minimum atomic E-state index is -1.01. The van der Waals surface area contributed by atoms with Gasteiger partial charge in [-0.05, 0) is 19.8 Å². The summed E-state index contributed by atoms with van der Waals surface area (Å²) in [5.74, 6) is -0.406. The van der Waals surface area contributed by atoms with Crippen LogP contribution in [0.3, 0.4) is 0 Å². The molecule has 0 radical (unpaired) electrons. The van der Waals surface area contributed by atoms with Crippen LogP contribution in [0.2, 0.25) is 0 Å². The van der Waals surface area contributed by atoms with E-state index in [2.05, 4.69) is 11.0 Å². The van der Waals surface area contributed by atoms with Crippen LogP contribution in [-0.2, 0) is 14.3 Å². The lowest BCUT2D eigenvalue weighted by Crippen LogP contribution is -2.51. The van der Waals surface area contributed by atoms with Crippen molar-refractivity contribution in [3.8, 4) is 6.07 Å². The monoisotopic (exact) mass is 296 g/mol. The molecule has 2 fully saturated rings. The minimum Gasteiger partial charge on any atom is -0.465 e. The van der Waals surface area contributed by atoms with Crippen molar-refractivity contribution >= 4 is 5.97 Å². The van der Waals surface area contributed by atoms with Crippen LogP contribution in [-0.4, -0.2) is 61.0 Å². The van der Waals surface area contributed by atoms with Gasteiger partial charge in [0, 0.05) is 45.7 Å². The van der Waals surface area contributed by atoms with Crippen molar-refractivity contribution in [2.45, 2.75) is 38.2 Å². The second-order valence-electron chi connectivity index (χ2n) is 6.03. The van der Waals surface area contributed by atoms with Gasteiger partial charge in [-0.1, -0.05) is 0 Å². The Hall–Kier alpha value is -1.16. The number of ether oxygens (including phenoxy) is 2. The molecule has 0 aromatic rings. The van der Waals surface area contributed by atoms with Gasteiger partial charge in [-0.2, -0.15) is 5.26 Å². The van der Waals surface area contributed by atoms with Crippen LogP contribution in [0.1, 0.15) is 32.6 Å². The number of piperidine rings is 1. The summed E-state index contributed by atoms with van der Waals surface area (Å²) in [6, 6.07) is 2.15. The van der Waals surface area contributed by atoms with Crippen molar-refractivity contribution in [3.05, 3.63) is 0 Å². The lowest BCUT2D eigenvalue weighted by Gasteiger charge is -2.41. The lowest BCUT2D eigenvalue weighted by atomic mass is 9.79. The van der Waals surface area contributed by atoms with E-state index < -0.39 is 17.0 Å². The van der Waals surface area contributed by atoms with Gasteiger partial charge in [-0.15, -0.1) is 0 Å². The maximum Gasteiger partial charge on any atom is 0.326 e. The first-order valence-corrected chi connectivity index (χ1v) is 7.65. The number of aliphatic hydroxyl groups is 1. The van der Waals surface area contributed by atoms with Gasteiger partial charge in [-0.25, -0.2) is 0 Å². The average molecular weight is 296 g/mol. The van der Waals surface area contributed by atoms with Gasteiger partial charge in [-0.3, -0.25) is 4.79 Å². The Balaban J connectivity index is 1.90. The van der Waals surface area contributed by atoms with Crippen LogP contribution in [0.15, 0.2) is 0 Å². The van der Waals surface area contributed by atoms with Crippen molar-refractivity contribution in [3.63, 3.8) is 0 Å². The van der Waals surface area contributed by atoms with E-state index in [1.54, 1.807) is 6.92 Å². The maximum atomic E-state index is 12.0. The first-order valence-electron chi connectivity index (χ1n) is 7.65. The normalized spacial score (nSPS) is 25.0. The highest BCUT2D eigenvalue weighted by molar-refractivity contribution is 5.80. The molecular weight excluding hydrogens is 272 g/mol. The van der Waals surface area contributed by atoms with E-state index in [-0.39, 0.29) is 0 Å². The van der Waals surface area contributed by atoms with Crippen LogP contribution < -0.4 is 0 Å². The lowest BCUT2D eigenvalue weighted by molar-refractivity contribution is -0.155. The Morgan fingerprint density at radius 3 is 2.48 bits per heavy atom. The van der Waals surface area contributed by atoms with E-state index in [9.17, 15) is 15.2 Å². The molecule has 0 aromatic carbocycles. The number of carbonyl (C=O) groups excluding carboxylic acids is 1. The summed E-state index contributed by atoms with van der Waals surface area (Å²) in [5.41, 5.74) is -1.71. The topological polar surface area (TPSA) is 82.8 Å². The third-order valence-corrected chi connectivity index (χ3v) is 4.53. The number of nitrogens with zero attached hydrogens (tertiary/aromatic N) is 2. The molecule has 0 atom stereocenters. The number of rotatable bonds is 4. The molecule has 118 valence electrons. The van der Waals surface area contributed by atoms with E-state index in [1.165, 1.54) is 0 Å². The zero-order chi connectivity index (χ0) is 15.3. The van der Waals surface area contributed by atoms with Crippen molar-refractivity contribution in [2.75, 3.05) is 39.5 Å². The van der Waals surface area contributed by atoms with Gasteiger partial charge in [0.25, 0.3) is 0 Å². The highest BCUT2D eigenvalue weighted by Crippen LogP contribution is 2.33. The van der Waals surface area contributed by atoms with Gasteiger partial charge < -0.3 is 19.5 Å². The number of carbonyl (C=O) groups is 1. The third-order valence-electron chi connectivity index (χ3n) is 4.53.